The Morgan fingerprint density at radius 2 is 1.81 bits per heavy atom. The molecule has 0 saturated carbocycles. The van der Waals surface area contributed by atoms with Gasteiger partial charge in [0.25, 0.3) is 0 Å². The van der Waals surface area contributed by atoms with Gasteiger partial charge in [0.05, 0.1) is 14.2 Å². The van der Waals surface area contributed by atoms with E-state index in [1.807, 2.05) is 26.1 Å². The average molecular weight is 224 g/mol. The van der Waals surface area contributed by atoms with Gasteiger partial charge in [-0.15, -0.1) is 0 Å². The summed E-state index contributed by atoms with van der Waals surface area (Å²) >= 11 is 0. The third-order valence-corrected chi connectivity index (χ3v) is 2.60. The van der Waals surface area contributed by atoms with Crippen LogP contribution in [-0.4, -0.2) is 27.8 Å². The zero-order valence-electron chi connectivity index (χ0n) is 10.3. The highest BCUT2D eigenvalue weighted by Gasteiger charge is 2.13. The molecule has 4 nitrogen and oxygen atoms in total. The lowest BCUT2D eigenvalue weighted by Crippen LogP contribution is -2.24. The predicted octanol–water partition coefficient (Wildman–Crippen LogP) is 1.23. The first kappa shape index (κ1) is 12.8. The summed E-state index contributed by atoms with van der Waals surface area (Å²) in [5, 5.41) is 3.06. The van der Waals surface area contributed by atoms with Crippen LogP contribution in [0.3, 0.4) is 0 Å². The minimum absolute atomic E-state index is 0.0372. The van der Waals surface area contributed by atoms with Crippen LogP contribution in [0.25, 0.3) is 0 Å². The fourth-order valence-corrected chi connectivity index (χ4v) is 1.73. The van der Waals surface area contributed by atoms with Gasteiger partial charge in [0.1, 0.15) is 0 Å². The number of aryl methyl sites for hydroxylation is 1. The number of rotatable bonds is 5. The molecule has 0 spiro atoms. The predicted molar refractivity (Wildman–Crippen MR) is 65.1 cm³/mol. The Kier molecular flexibility index (Phi) is 4.58. The molecule has 1 atom stereocenters. The molecule has 1 aromatic carbocycles. The summed E-state index contributed by atoms with van der Waals surface area (Å²) in [6.45, 7) is 2.75. The van der Waals surface area contributed by atoms with Crippen molar-refractivity contribution in [3.05, 3.63) is 23.3 Å². The first-order valence-electron chi connectivity index (χ1n) is 5.26. The van der Waals surface area contributed by atoms with Gasteiger partial charge in [-0.05, 0) is 37.2 Å². The molecule has 0 saturated heterocycles. The number of likely N-dealkylation sites (N-methyl/N-ethyl adjacent to an activating group) is 1. The van der Waals surface area contributed by atoms with E-state index in [0.29, 0.717) is 0 Å². The van der Waals surface area contributed by atoms with Gasteiger partial charge >= 0.3 is 0 Å². The molecule has 4 heteroatoms. The molecule has 0 amide bonds. The van der Waals surface area contributed by atoms with Crippen LogP contribution < -0.4 is 20.5 Å². The number of hydrogen-bond donors (Lipinski definition) is 2. The molecular weight excluding hydrogens is 204 g/mol. The van der Waals surface area contributed by atoms with Crippen molar-refractivity contribution in [3.8, 4) is 11.5 Å². The Labute approximate surface area is 96.7 Å². The maximum Gasteiger partial charge on any atom is 0.161 e. The van der Waals surface area contributed by atoms with Crippen LogP contribution in [0.4, 0.5) is 0 Å². The van der Waals surface area contributed by atoms with Gasteiger partial charge in [-0.1, -0.05) is 0 Å². The highest BCUT2D eigenvalue weighted by atomic mass is 16.5. The molecule has 1 unspecified atom stereocenters. The van der Waals surface area contributed by atoms with E-state index >= 15 is 0 Å². The van der Waals surface area contributed by atoms with Crippen molar-refractivity contribution in [2.24, 2.45) is 5.73 Å². The molecular formula is C12H20N2O2. The smallest absolute Gasteiger partial charge is 0.161 e. The highest BCUT2D eigenvalue weighted by Crippen LogP contribution is 2.32. The molecule has 0 aromatic heterocycles. The molecule has 0 aliphatic heterocycles. The molecule has 1 aromatic rings. The van der Waals surface area contributed by atoms with Gasteiger partial charge in [-0.25, -0.2) is 0 Å². The Morgan fingerprint density at radius 3 is 2.31 bits per heavy atom. The van der Waals surface area contributed by atoms with E-state index in [-0.39, 0.29) is 6.04 Å². The van der Waals surface area contributed by atoms with Gasteiger partial charge in [-0.2, -0.15) is 0 Å². The number of benzene rings is 1. The Hall–Kier alpha value is -1.26. The Morgan fingerprint density at radius 1 is 1.25 bits per heavy atom. The van der Waals surface area contributed by atoms with Gasteiger partial charge in [0.15, 0.2) is 11.5 Å². The Bertz CT molecular complexity index is 353. The topological polar surface area (TPSA) is 56.5 Å². The zero-order valence-corrected chi connectivity index (χ0v) is 10.3. The van der Waals surface area contributed by atoms with Crippen molar-refractivity contribution in [2.45, 2.75) is 13.0 Å². The SMILES string of the molecule is CNCC(N)c1cc(OC)c(OC)cc1C. The first-order valence-corrected chi connectivity index (χ1v) is 5.26. The maximum atomic E-state index is 6.06. The van der Waals surface area contributed by atoms with Crippen LogP contribution in [0.2, 0.25) is 0 Å². The van der Waals surface area contributed by atoms with Gasteiger partial charge < -0.3 is 20.5 Å². The molecule has 0 aliphatic carbocycles. The van der Waals surface area contributed by atoms with Crippen molar-refractivity contribution in [1.29, 1.82) is 0 Å². The van der Waals surface area contributed by atoms with Gasteiger partial charge in [-0.3, -0.25) is 0 Å². The number of methoxy groups -OCH3 is 2. The summed E-state index contributed by atoms with van der Waals surface area (Å²) in [5.74, 6) is 1.45. The molecule has 0 heterocycles. The standard InChI is InChI=1S/C12H20N2O2/c1-8-5-11(15-3)12(16-4)6-9(8)10(13)7-14-2/h5-6,10,14H,7,13H2,1-4H3. The van der Waals surface area contributed by atoms with Crippen LogP contribution in [0.5, 0.6) is 11.5 Å². The number of hydrogen-bond acceptors (Lipinski definition) is 4. The normalized spacial score (nSPS) is 12.3. The van der Waals surface area contributed by atoms with Crippen LogP contribution in [0, 0.1) is 6.92 Å². The van der Waals surface area contributed by atoms with Gasteiger partial charge in [0.2, 0.25) is 0 Å². The summed E-state index contributed by atoms with van der Waals surface area (Å²) in [5.41, 5.74) is 8.25. The van der Waals surface area contributed by atoms with E-state index in [9.17, 15) is 0 Å². The monoisotopic (exact) mass is 224 g/mol. The van der Waals surface area contributed by atoms with Crippen LogP contribution in [0.15, 0.2) is 12.1 Å². The maximum absolute atomic E-state index is 6.06. The summed E-state index contributed by atoms with van der Waals surface area (Å²) in [6, 6.07) is 3.85. The van der Waals surface area contributed by atoms with E-state index < -0.39 is 0 Å². The van der Waals surface area contributed by atoms with Crippen molar-refractivity contribution < 1.29 is 9.47 Å². The van der Waals surface area contributed by atoms with E-state index in [0.717, 1.165) is 29.2 Å². The zero-order chi connectivity index (χ0) is 12.1. The van der Waals surface area contributed by atoms with E-state index in [1.165, 1.54) is 0 Å². The second kappa shape index (κ2) is 5.72. The lowest BCUT2D eigenvalue weighted by molar-refractivity contribution is 0.354. The minimum Gasteiger partial charge on any atom is -0.493 e. The van der Waals surface area contributed by atoms with E-state index in [2.05, 4.69) is 5.32 Å². The quantitative estimate of drug-likeness (QED) is 0.790. The summed E-state index contributed by atoms with van der Waals surface area (Å²) in [4.78, 5) is 0. The van der Waals surface area contributed by atoms with Crippen LogP contribution >= 0.6 is 0 Å². The summed E-state index contributed by atoms with van der Waals surface area (Å²) < 4.78 is 10.5. The van der Waals surface area contributed by atoms with Gasteiger partial charge in [0, 0.05) is 12.6 Å². The lowest BCUT2D eigenvalue weighted by Gasteiger charge is -2.17. The van der Waals surface area contributed by atoms with Crippen LogP contribution in [0.1, 0.15) is 17.2 Å². The molecule has 0 aliphatic rings. The molecule has 90 valence electrons. The van der Waals surface area contributed by atoms with Crippen molar-refractivity contribution in [1.82, 2.24) is 5.32 Å². The van der Waals surface area contributed by atoms with Crippen molar-refractivity contribution in [3.63, 3.8) is 0 Å². The second-order valence-electron chi connectivity index (χ2n) is 3.73. The third-order valence-electron chi connectivity index (χ3n) is 2.60. The van der Waals surface area contributed by atoms with Crippen LogP contribution in [-0.2, 0) is 0 Å². The molecule has 0 radical (unpaired) electrons. The third kappa shape index (κ3) is 2.65. The lowest BCUT2D eigenvalue weighted by atomic mass is 10.0. The second-order valence-corrected chi connectivity index (χ2v) is 3.73. The van der Waals surface area contributed by atoms with Crippen molar-refractivity contribution >= 4 is 0 Å². The number of ether oxygens (including phenoxy) is 2. The fourth-order valence-electron chi connectivity index (χ4n) is 1.73. The first-order chi connectivity index (χ1) is 7.63. The molecule has 0 bridgehead atoms. The largest absolute Gasteiger partial charge is 0.493 e. The summed E-state index contributed by atoms with van der Waals surface area (Å²) in [7, 11) is 5.14. The summed E-state index contributed by atoms with van der Waals surface area (Å²) in [6.07, 6.45) is 0. The fraction of sp³-hybridized carbons (Fsp3) is 0.500. The van der Waals surface area contributed by atoms with E-state index in [1.54, 1.807) is 14.2 Å². The number of nitrogens with one attached hydrogen (secondary N) is 1. The highest BCUT2D eigenvalue weighted by molar-refractivity contribution is 5.48. The number of nitrogens with two attached hydrogens (primary N) is 1. The molecule has 3 N–H and O–H groups in total. The molecule has 16 heavy (non-hydrogen) atoms. The average Bonchev–Trinajstić information content (AvgIpc) is 2.28. The molecule has 1 rings (SSSR count). The van der Waals surface area contributed by atoms with E-state index in [4.69, 9.17) is 15.2 Å². The Balaban J connectivity index is 3.10. The molecule has 0 fully saturated rings. The van der Waals surface area contributed by atoms with Crippen molar-refractivity contribution in [2.75, 3.05) is 27.8 Å². The minimum atomic E-state index is -0.0372.